The van der Waals surface area contributed by atoms with Crippen LogP contribution in [0.5, 0.6) is 0 Å². The van der Waals surface area contributed by atoms with Gasteiger partial charge >= 0.3 is 0 Å². The predicted octanol–water partition coefficient (Wildman–Crippen LogP) is 1.97. The maximum atomic E-state index is 11.9. The molecule has 1 aromatic carbocycles. The van der Waals surface area contributed by atoms with Gasteiger partial charge in [0.15, 0.2) is 0 Å². The van der Waals surface area contributed by atoms with Gasteiger partial charge in [0.2, 0.25) is 5.91 Å². The highest BCUT2D eigenvalue weighted by molar-refractivity contribution is 6.31. The zero-order valence-corrected chi connectivity index (χ0v) is 16.5. The number of carbonyl (C=O) groups is 1. The third-order valence-electron chi connectivity index (χ3n) is 4.91. The van der Waals surface area contributed by atoms with E-state index in [4.69, 9.17) is 22.1 Å². The van der Waals surface area contributed by atoms with E-state index in [0.29, 0.717) is 38.5 Å². The molecule has 0 aliphatic rings. The first kappa shape index (κ1) is 23.9. The van der Waals surface area contributed by atoms with Crippen molar-refractivity contribution in [3.05, 3.63) is 35.9 Å². The minimum absolute atomic E-state index is 0.00503. The molecule has 0 saturated carbocycles. The molecule has 0 heterocycles. The summed E-state index contributed by atoms with van der Waals surface area (Å²) >= 11 is 6.38. The van der Waals surface area contributed by atoms with E-state index in [1.54, 1.807) is 0 Å². The van der Waals surface area contributed by atoms with Crippen LogP contribution >= 0.6 is 11.6 Å². The minimum Gasteiger partial charge on any atom is -0.396 e. The third-order valence-corrected chi connectivity index (χ3v) is 5.36. The van der Waals surface area contributed by atoms with Gasteiger partial charge in [0.1, 0.15) is 5.38 Å². The number of nitrogens with two attached hydrogens (primary N) is 1. The first-order chi connectivity index (χ1) is 13.0. The molecule has 0 aliphatic carbocycles. The number of halogens is 1. The summed E-state index contributed by atoms with van der Waals surface area (Å²) in [6.45, 7) is 0.250. The number of rotatable bonds is 15. The second kappa shape index (κ2) is 13.1. The molecule has 0 bridgehead atoms. The summed E-state index contributed by atoms with van der Waals surface area (Å²) in [6.07, 6.45) is 2.49. The van der Waals surface area contributed by atoms with E-state index in [2.05, 4.69) is 0 Å². The fourth-order valence-electron chi connectivity index (χ4n) is 3.58. The number of aliphatic hydroxyl groups excluding tert-OH is 3. The Morgan fingerprint density at radius 2 is 1.48 bits per heavy atom. The van der Waals surface area contributed by atoms with Crippen molar-refractivity contribution in [1.29, 1.82) is 0 Å². The van der Waals surface area contributed by atoms with Crippen molar-refractivity contribution >= 4 is 17.5 Å². The van der Waals surface area contributed by atoms with Crippen LogP contribution in [0, 0.1) is 5.41 Å². The fourth-order valence-corrected chi connectivity index (χ4v) is 3.92. The summed E-state index contributed by atoms with van der Waals surface area (Å²) in [4.78, 5) is 11.9. The molecule has 0 aliphatic heterocycles. The molecule has 0 aromatic heterocycles. The summed E-state index contributed by atoms with van der Waals surface area (Å²) in [5, 5.41) is 27.0. The van der Waals surface area contributed by atoms with E-state index in [1.807, 2.05) is 30.3 Å². The summed E-state index contributed by atoms with van der Waals surface area (Å²) in [5.41, 5.74) is 5.85. The van der Waals surface area contributed by atoms with Crippen LogP contribution in [-0.4, -0.2) is 52.5 Å². The summed E-state index contributed by atoms with van der Waals surface area (Å²) in [5.74, 6) is -0.670. The Morgan fingerprint density at radius 1 is 1.00 bits per heavy atom. The SMILES string of the molecule is NC(=O)C(Cl)C(OCc1ccccc1)C(CCCO)(CCCO)CCCO. The highest BCUT2D eigenvalue weighted by Crippen LogP contribution is 2.43. The van der Waals surface area contributed by atoms with Gasteiger partial charge in [-0.2, -0.15) is 0 Å². The fraction of sp³-hybridized carbons (Fsp3) is 0.650. The molecule has 5 N–H and O–H groups in total. The Labute approximate surface area is 166 Å². The topological polar surface area (TPSA) is 113 Å². The lowest BCUT2D eigenvalue weighted by atomic mass is 9.69. The van der Waals surface area contributed by atoms with Crippen LogP contribution in [-0.2, 0) is 16.1 Å². The molecule has 0 saturated heterocycles. The molecule has 1 amide bonds. The molecular weight excluding hydrogens is 370 g/mol. The lowest BCUT2D eigenvalue weighted by Crippen LogP contribution is -2.48. The van der Waals surface area contributed by atoms with Crippen molar-refractivity contribution in [2.75, 3.05) is 19.8 Å². The lowest BCUT2D eigenvalue weighted by Gasteiger charge is -2.42. The molecule has 2 atom stereocenters. The Kier molecular flexibility index (Phi) is 11.6. The number of aliphatic hydroxyl groups is 3. The van der Waals surface area contributed by atoms with Crippen LogP contribution < -0.4 is 5.73 Å². The van der Waals surface area contributed by atoms with Gasteiger partial charge < -0.3 is 25.8 Å². The van der Waals surface area contributed by atoms with Gasteiger partial charge in [-0.15, -0.1) is 11.6 Å². The Hall–Kier alpha value is -1.18. The van der Waals surface area contributed by atoms with Gasteiger partial charge in [-0.3, -0.25) is 4.79 Å². The van der Waals surface area contributed by atoms with Crippen molar-refractivity contribution in [3.8, 4) is 0 Å². The summed E-state index contributed by atoms with van der Waals surface area (Å²) < 4.78 is 6.13. The second-order valence-corrected chi connectivity index (χ2v) is 7.34. The van der Waals surface area contributed by atoms with E-state index in [1.165, 1.54) is 0 Å². The normalized spacial score (nSPS) is 14.1. The van der Waals surface area contributed by atoms with Crippen molar-refractivity contribution in [1.82, 2.24) is 0 Å². The largest absolute Gasteiger partial charge is 0.396 e. The van der Waals surface area contributed by atoms with E-state index < -0.39 is 22.8 Å². The molecule has 2 unspecified atom stereocenters. The highest BCUT2D eigenvalue weighted by Gasteiger charge is 2.44. The van der Waals surface area contributed by atoms with E-state index in [0.717, 1.165) is 5.56 Å². The number of amides is 1. The number of hydrogen-bond acceptors (Lipinski definition) is 5. The van der Waals surface area contributed by atoms with Crippen molar-refractivity contribution in [3.63, 3.8) is 0 Å². The minimum atomic E-state index is -1.05. The van der Waals surface area contributed by atoms with Gasteiger partial charge in [0.05, 0.1) is 12.7 Å². The Balaban J connectivity index is 3.16. The molecule has 27 heavy (non-hydrogen) atoms. The maximum absolute atomic E-state index is 11.9. The standard InChI is InChI=1S/C20H32ClNO5/c21-17(19(22)26)18(27-15-16-7-2-1-3-8-16)20(9-4-12-23,10-5-13-24)11-6-14-25/h1-3,7-8,17-18,23-25H,4-6,9-15H2,(H2,22,26). The number of primary amides is 1. The molecule has 0 fully saturated rings. The molecule has 154 valence electrons. The smallest absolute Gasteiger partial charge is 0.238 e. The van der Waals surface area contributed by atoms with E-state index in [9.17, 15) is 20.1 Å². The summed E-state index contributed by atoms with van der Waals surface area (Å²) in [7, 11) is 0. The van der Waals surface area contributed by atoms with Gasteiger partial charge in [-0.1, -0.05) is 30.3 Å². The first-order valence-electron chi connectivity index (χ1n) is 9.42. The maximum Gasteiger partial charge on any atom is 0.238 e. The van der Waals surface area contributed by atoms with Crippen LogP contribution in [0.15, 0.2) is 30.3 Å². The first-order valence-corrected chi connectivity index (χ1v) is 9.86. The van der Waals surface area contributed by atoms with Crippen LogP contribution in [0.3, 0.4) is 0 Å². The number of hydrogen-bond donors (Lipinski definition) is 4. The van der Waals surface area contributed by atoms with Gasteiger partial charge in [-0.25, -0.2) is 0 Å². The molecule has 0 spiro atoms. The number of ether oxygens (including phenoxy) is 1. The average molecular weight is 402 g/mol. The van der Waals surface area contributed by atoms with Crippen LogP contribution in [0.2, 0.25) is 0 Å². The number of benzene rings is 1. The third kappa shape index (κ3) is 7.76. The van der Waals surface area contributed by atoms with Gasteiger partial charge in [-0.05, 0) is 49.5 Å². The molecule has 1 aromatic rings. The summed E-state index contributed by atoms with van der Waals surface area (Å²) in [6, 6.07) is 9.54. The van der Waals surface area contributed by atoms with Crippen LogP contribution in [0.4, 0.5) is 0 Å². The van der Waals surface area contributed by atoms with Crippen LogP contribution in [0.1, 0.15) is 44.1 Å². The molecular formula is C20H32ClNO5. The van der Waals surface area contributed by atoms with E-state index >= 15 is 0 Å². The molecule has 0 radical (unpaired) electrons. The van der Waals surface area contributed by atoms with Gasteiger partial charge in [0.25, 0.3) is 0 Å². The zero-order chi connectivity index (χ0) is 20.1. The monoisotopic (exact) mass is 401 g/mol. The zero-order valence-electron chi connectivity index (χ0n) is 15.7. The molecule has 7 heteroatoms. The van der Waals surface area contributed by atoms with E-state index in [-0.39, 0.29) is 26.4 Å². The average Bonchev–Trinajstić information content (AvgIpc) is 2.69. The molecule has 1 rings (SSSR count). The quantitative estimate of drug-likeness (QED) is 0.335. The molecule has 6 nitrogen and oxygen atoms in total. The number of carbonyl (C=O) groups excluding carboxylic acids is 1. The van der Waals surface area contributed by atoms with Crippen LogP contribution in [0.25, 0.3) is 0 Å². The Morgan fingerprint density at radius 3 is 1.89 bits per heavy atom. The number of alkyl halides is 1. The van der Waals surface area contributed by atoms with Crippen molar-refractivity contribution in [2.24, 2.45) is 11.1 Å². The van der Waals surface area contributed by atoms with Crippen molar-refractivity contribution < 1.29 is 24.9 Å². The van der Waals surface area contributed by atoms with Crippen molar-refractivity contribution in [2.45, 2.75) is 56.6 Å². The highest BCUT2D eigenvalue weighted by atomic mass is 35.5. The lowest BCUT2D eigenvalue weighted by molar-refractivity contribution is -0.126. The second-order valence-electron chi connectivity index (χ2n) is 6.87. The Bertz CT molecular complexity index is 507. The predicted molar refractivity (Wildman–Crippen MR) is 105 cm³/mol. The van der Waals surface area contributed by atoms with Gasteiger partial charge in [0, 0.05) is 19.8 Å².